The van der Waals surface area contributed by atoms with Gasteiger partial charge in [-0.1, -0.05) is 36.9 Å². The largest absolute Gasteiger partial charge is 0.497 e. The molecule has 3 heteroatoms. The van der Waals surface area contributed by atoms with Crippen LogP contribution in [-0.4, -0.2) is 18.2 Å². The van der Waals surface area contributed by atoms with Crippen LogP contribution in [-0.2, 0) is 4.79 Å². The molecule has 0 aliphatic carbocycles. The first-order valence-electron chi connectivity index (χ1n) is 6.90. The molecular weight excluding hydrogens is 276 g/mol. The topological polar surface area (TPSA) is 46.5 Å². The maximum Gasteiger partial charge on any atom is 0.335 e. The van der Waals surface area contributed by atoms with Gasteiger partial charge in [-0.3, -0.25) is 0 Å². The van der Waals surface area contributed by atoms with Gasteiger partial charge in [-0.15, -0.1) is 0 Å². The summed E-state index contributed by atoms with van der Waals surface area (Å²) in [6, 6.07) is 13.7. The van der Waals surface area contributed by atoms with Crippen molar-refractivity contribution in [2.75, 3.05) is 7.11 Å². The van der Waals surface area contributed by atoms with Crippen LogP contribution in [0.25, 0.3) is 23.3 Å². The monoisotopic (exact) mass is 294 g/mol. The summed E-state index contributed by atoms with van der Waals surface area (Å²) in [5, 5.41) is 10.7. The number of hydrogen-bond acceptors (Lipinski definition) is 2. The van der Waals surface area contributed by atoms with E-state index in [0.717, 1.165) is 27.3 Å². The number of methoxy groups -OCH3 is 1. The molecule has 0 bridgehead atoms. The first-order valence-corrected chi connectivity index (χ1v) is 6.90. The maximum atomic E-state index is 10.9. The number of benzene rings is 2. The van der Waals surface area contributed by atoms with Crippen LogP contribution < -0.4 is 15.2 Å². The van der Waals surface area contributed by atoms with E-state index in [2.05, 4.69) is 6.58 Å². The van der Waals surface area contributed by atoms with Crippen LogP contribution >= 0.6 is 0 Å². The van der Waals surface area contributed by atoms with Crippen molar-refractivity contribution < 1.29 is 14.6 Å². The summed E-state index contributed by atoms with van der Waals surface area (Å²) in [6.07, 6.45) is 3.53. The molecule has 0 aromatic heterocycles. The van der Waals surface area contributed by atoms with E-state index in [1.54, 1.807) is 13.2 Å². The van der Waals surface area contributed by atoms with E-state index in [4.69, 9.17) is 9.84 Å². The molecule has 2 aromatic carbocycles. The van der Waals surface area contributed by atoms with Gasteiger partial charge in [0.1, 0.15) is 5.75 Å². The van der Waals surface area contributed by atoms with Crippen molar-refractivity contribution in [2.45, 2.75) is 6.92 Å². The van der Waals surface area contributed by atoms with Crippen LogP contribution in [0.5, 0.6) is 5.75 Å². The molecule has 0 spiro atoms. The van der Waals surface area contributed by atoms with Crippen molar-refractivity contribution in [1.82, 2.24) is 0 Å². The van der Waals surface area contributed by atoms with Crippen molar-refractivity contribution in [3.63, 3.8) is 0 Å². The maximum absolute atomic E-state index is 10.9. The zero-order chi connectivity index (χ0) is 16.1. The Hall–Kier alpha value is -2.81. The highest BCUT2D eigenvalue weighted by Crippen LogP contribution is 2.20. The Kier molecular flexibility index (Phi) is 4.79. The number of rotatable bonds is 4. The van der Waals surface area contributed by atoms with E-state index in [0.29, 0.717) is 0 Å². The molecule has 0 saturated carbocycles. The van der Waals surface area contributed by atoms with Gasteiger partial charge >= 0.3 is 5.97 Å². The third-order valence-corrected chi connectivity index (χ3v) is 3.43. The highest BCUT2D eigenvalue weighted by atomic mass is 16.5. The lowest BCUT2D eigenvalue weighted by Gasteiger charge is -2.04. The predicted molar refractivity (Wildman–Crippen MR) is 89.1 cm³/mol. The number of carboxylic acids is 1. The molecule has 0 aliphatic heterocycles. The Balaban J connectivity index is 2.49. The molecule has 0 unspecified atom stereocenters. The molecule has 2 rings (SSSR count). The van der Waals surface area contributed by atoms with E-state index >= 15 is 0 Å². The molecule has 3 nitrogen and oxygen atoms in total. The van der Waals surface area contributed by atoms with Crippen LogP contribution in [0.1, 0.15) is 6.92 Å². The fraction of sp³-hybridized carbons (Fsp3) is 0.105. The third-order valence-electron chi connectivity index (χ3n) is 3.43. The summed E-state index contributed by atoms with van der Waals surface area (Å²) in [6.45, 7) is 5.47. The fourth-order valence-electron chi connectivity index (χ4n) is 2.17. The van der Waals surface area contributed by atoms with Gasteiger partial charge in [-0.05, 0) is 52.8 Å². The Labute approximate surface area is 129 Å². The third kappa shape index (κ3) is 3.44. The molecule has 0 aliphatic rings. The number of carboxylic acid groups (broad SMARTS) is 1. The Morgan fingerprint density at radius 2 is 1.73 bits per heavy atom. The van der Waals surface area contributed by atoms with Crippen molar-refractivity contribution in [2.24, 2.45) is 0 Å². The molecule has 22 heavy (non-hydrogen) atoms. The highest BCUT2D eigenvalue weighted by Gasteiger charge is 2.01. The van der Waals surface area contributed by atoms with Gasteiger partial charge in [0.05, 0.1) is 12.7 Å². The van der Waals surface area contributed by atoms with Crippen LogP contribution in [0.15, 0.2) is 54.6 Å². The molecule has 0 amide bonds. The second-order valence-corrected chi connectivity index (χ2v) is 4.84. The number of hydrogen-bond donors (Lipinski definition) is 1. The molecule has 112 valence electrons. The summed E-state index contributed by atoms with van der Waals surface area (Å²) in [4.78, 5) is 10.9. The van der Waals surface area contributed by atoms with E-state index in [-0.39, 0.29) is 5.57 Å². The van der Waals surface area contributed by atoms with Crippen LogP contribution in [0, 0.1) is 0 Å². The van der Waals surface area contributed by atoms with E-state index in [9.17, 15) is 4.79 Å². The van der Waals surface area contributed by atoms with Gasteiger partial charge in [-0.25, -0.2) is 4.79 Å². The second-order valence-electron chi connectivity index (χ2n) is 4.84. The van der Waals surface area contributed by atoms with E-state index in [1.807, 2.05) is 55.5 Å². The van der Waals surface area contributed by atoms with Crippen molar-refractivity contribution in [3.05, 3.63) is 65.1 Å². The molecule has 1 N–H and O–H groups in total. The number of ether oxygens (including phenoxy) is 1. The van der Waals surface area contributed by atoms with Gasteiger partial charge < -0.3 is 9.84 Å². The van der Waals surface area contributed by atoms with Gasteiger partial charge in [0.25, 0.3) is 0 Å². The lowest BCUT2D eigenvalue weighted by atomic mass is 10.0. The summed E-state index contributed by atoms with van der Waals surface area (Å²) in [7, 11) is 1.64. The molecular formula is C19H18O3. The minimum atomic E-state index is -1.01. The lowest BCUT2D eigenvalue weighted by Crippen LogP contribution is -2.24. The Bertz CT molecular complexity index is 815. The van der Waals surface area contributed by atoms with Gasteiger partial charge in [0.15, 0.2) is 0 Å². The van der Waals surface area contributed by atoms with Crippen molar-refractivity contribution in [1.29, 1.82) is 0 Å². The molecule has 0 saturated heterocycles. The predicted octanol–water partition coefficient (Wildman–Crippen LogP) is 2.58. The number of carbonyl (C=O) groups is 1. The fourth-order valence-corrected chi connectivity index (χ4v) is 2.17. The molecule has 0 radical (unpaired) electrons. The smallest absolute Gasteiger partial charge is 0.335 e. The summed E-state index contributed by atoms with van der Waals surface area (Å²) < 4.78 is 5.16. The van der Waals surface area contributed by atoms with Gasteiger partial charge in [0.2, 0.25) is 0 Å². The second kappa shape index (κ2) is 6.76. The average molecular weight is 294 g/mol. The lowest BCUT2D eigenvalue weighted by molar-refractivity contribution is -0.132. The molecule has 0 fully saturated rings. The standard InChI is InChI=1S/C19H18O3/c1-4-14-12-17(15-7-9-18(22-3)10-8-15)6-5-16(14)11-13(2)19(20)21/h4-12H,2H2,1,3H3,(H,20,21)/b14-4-,16-11-. The minimum Gasteiger partial charge on any atom is -0.497 e. The zero-order valence-corrected chi connectivity index (χ0v) is 12.7. The summed E-state index contributed by atoms with van der Waals surface area (Å²) >= 11 is 0. The summed E-state index contributed by atoms with van der Waals surface area (Å²) in [5.74, 6) is -0.199. The van der Waals surface area contributed by atoms with E-state index < -0.39 is 5.97 Å². The normalized spacial score (nSPS) is 12.3. The quantitative estimate of drug-likeness (QED) is 0.882. The van der Waals surface area contributed by atoms with Gasteiger partial charge in [0, 0.05) is 0 Å². The van der Waals surface area contributed by atoms with Crippen molar-refractivity contribution in [3.8, 4) is 16.9 Å². The molecule has 0 heterocycles. The molecule has 0 atom stereocenters. The zero-order valence-electron chi connectivity index (χ0n) is 12.7. The number of aliphatic carboxylic acids is 1. The van der Waals surface area contributed by atoms with Crippen molar-refractivity contribution >= 4 is 18.1 Å². The minimum absolute atomic E-state index is 0.0697. The SMILES string of the molecule is C=C(/C=c1/ccc(-c2ccc(OC)cc2)c/c1=C/C)C(=O)O. The Morgan fingerprint density at radius 3 is 2.27 bits per heavy atom. The Morgan fingerprint density at radius 1 is 1.09 bits per heavy atom. The first kappa shape index (κ1) is 15.6. The first-order chi connectivity index (χ1) is 10.5. The highest BCUT2D eigenvalue weighted by molar-refractivity contribution is 5.95. The van der Waals surface area contributed by atoms with Crippen LogP contribution in [0.3, 0.4) is 0 Å². The van der Waals surface area contributed by atoms with E-state index in [1.165, 1.54) is 0 Å². The summed E-state index contributed by atoms with van der Waals surface area (Å²) in [5.41, 5.74) is 2.21. The average Bonchev–Trinajstić information content (AvgIpc) is 2.55. The van der Waals surface area contributed by atoms with Crippen LogP contribution in [0.2, 0.25) is 0 Å². The molecule has 2 aromatic rings. The van der Waals surface area contributed by atoms with Crippen LogP contribution in [0.4, 0.5) is 0 Å². The van der Waals surface area contributed by atoms with Gasteiger partial charge in [-0.2, -0.15) is 0 Å².